The van der Waals surface area contributed by atoms with Crippen molar-refractivity contribution in [3.8, 4) is 0 Å². The first-order valence-corrected chi connectivity index (χ1v) is 12.9. The van der Waals surface area contributed by atoms with E-state index < -0.39 is 8.32 Å². The van der Waals surface area contributed by atoms with Crippen LogP contribution >= 0.6 is 15.9 Å². The molecule has 1 fully saturated rings. The minimum Gasteiger partial charge on any atom is -0.412 e. The van der Waals surface area contributed by atoms with Crippen LogP contribution in [0.2, 0.25) is 16.6 Å². The summed E-state index contributed by atoms with van der Waals surface area (Å²) in [5, 5.41) is 0. The molecule has 1 aliphatic rings. The fourth-order valence-electron chi connectivity index (χ4n) is 5.32. The third kappa shape index (κ3) is 3.97. The van der Waals surface area contributed by atoms with E-state index in [2.05, 4.69) is 78.2 Å². The van der Waals surface area contributed by atoms with Crippen LogP contribution in [0.5, 0.6) is 0 Å². The second kappa shape index (κ2) is 8.54. The van der Waals surface area contributed by atoms with E-state index in [1.165, 1.54) is 0 Å². The minimum atomic E-state index is -1.90. The van der Waals surface area contributed by atoms with Crippen molar-refractivity contribution in [2.45, 2.75) is 109 Å². The van der Waals surface area contributed by atoms with Crippen molar-refractivity contribution in [3.63, 3.8) is 0 Å². The number of ether oxygens (including phenoxy) is 1. The van der Waals surface area contributed by atoms with Gasteiger partial charge in [-0.25, -0.2) is 0 Å². The van der Waals surface area contributed by atoms with E-state index in [0.29, 0.717) is 27.4 Å². The Balaban J connectivity index is 3.30. The van der Waals surface area contributed by atoms with Crippen molar-refractivity contribution < 1.29 is 9.16 Å². The van der Waals surface area contributed by atoms with Gasteiger partial charge in [0.25, 0.3) is 0 Å². The van der Waals surface area contributed by atoms with Gasteiger partial charge in [0.1, 0.15) is 0 Å². The second-order valence-electron chi connectivity index (χ2n) is 9.23. The molecular weight excluding hydrogens is 380 g/mol. The van der Waals surface area contributed by atoms with Crippen molar-refractivity contribution in [1.82, 2.24) is 0 Å². The monoisotopic (exact) mass is 420 g/mol. The van der Waals surface area contributed by atoms with Gasteiger partial charge in [0.2, 0.25) is 8.32 Å². The molecule has 144 valence electrons. The lowest BCUT2D eigenvalue weighted by Gasteiger charge is -2.48. The highest BCUT2D eigenvalue weighted by atomic mass is 79.9. The molecule has 0 N–H and O–H groups in total. The Kier molecular flexibility index (Phi) is 8.06. The number of hydrogen-bond donors (Lipinski definition) is 0. The van der Waals surface area contributed by atoms with Gasteiger partial charge in [-0.15, -0.1) is 0 Å². The highest BCUT2D eigenvalue weighted by Gasteiger charge is 2.56. The zero-order chi connectivity index (χ0) is 18.9. The maximum atomic E-state index is 7.30. The Bertz CT molecular complexity index is 373. The quantitative estimate of drug-likeness (QED) is 0.318. The Labute approximate surface area is 160 Å². The number of methoxy groups -OCH3 is 1. The van der Waals surface area contributed by atoms with Crippen LogP contribution in [0.1, 0.15) is 75.2 Å². The lowest BCUT2D eigenvalue weighted by molar-refractivity contribution is -0.0229. The summed E-state index contributed by atoms with van der Waals surface area (Å²) in [6, 6.07) is 0. The highest BCUT2D eigenvalue weighted by molar-refractivity contribution is 9.09. The predicted molar refractivity (Wildman–Crippen MR) is 112 cm³/mol. The largest absolute Gasteiger partial charge is 0.412 e. The van der Waals surface area contributed by atoms with Crippen LogP contribution in [0.15, 0.2) is 0 Å². The van der Waals surface area contributed by atoms with E-state index in [1.54, 1.807) is 0 Å². The minimum absolute atomic E-state index is 0.0531. The summed E-state index contributed by atoms with van der Waals surface area (Å²) in [4.78, 5) is 0.500. The summed E-state index contributed by atoms with van der Waals surface area (Å²) >= 11 is 3.95. The molecule has 0 aromatic carbocycles. The fourth-order valence-corrected chi connectivity index (χ4v) is 11.5. The Morgan fingerprint density at radius 2 is 1.50 bits per heavy atom. The highest BCUT2D eigenvalue weighted by Crippen LogP contribution is 2.53. The SMILES string of the molecule is CC[C@@H](Br)[C@H]1C[C@@H](OC)C(C)(C)[C@@H]1O[Si](C(C)C)(C(C)C)C(C)C. The standard InChI is InChI=1S/C20H41BrO2Si/c1-11-17(21)16-12-18(22-10)20(8,9)19(16)23-24(13(2)3,14(4)5)15(6)7/h13-19H,11-12H2,1-10H3/t16-,17-,18-,19-/m1/s1. The van der Waals surface area contributed by atoms with E-state index in [-0.39, 0.29) is 17.6 Å². The van der Waals surface area contributed by atoms with E-state index in [1.807, 2.05) is 7.11 Å². The number of halogens is 1. The maximum absolute atomic E-state index is 7.30. The first-order chi connectivity index (χ1) is 11.0. The molecule has 1 rings (SSSR count). The van der Waals surface area contributed by atoms with Crippen LogP contribution in [0, 0.1) is 11.3 Å². The molecule has 0 radical (unpaired) electrons. The average Bonchev–Trinajstić information content (AvgIpc) is 2.72. The molecule has 0 saturated heterocycles. The fraction of sp³-hybridized carbons (Fsp3) is 1.00. The van der Waals surface area contributed by atoms with Crippen molar-refractivity contribution in [1.29, 1.82) is 0 Å². The zero-order valence-electron chi connectivity index (χ0n) is 17.7. The number of alkyl halides is 1. The van der Waals surface area contributed by atoms with Gasteiger partial charge in [0.15, 0.2) is 0 Å². The molecule has 1 aliphatic carbocycles. The van der Waals surface area contributed by atoms with Crippen molar-refractivity contribution in [2.24, 2.45) is 11.3 Å². The third-order valence-corrected chi connectivity index (χ3v) is 14.0. The van der Waals surface area contributed by atoms with Crippen LogP contribution in [-0.4, -0.2) is 32.5 Å². The molecule has 0 bridgehead atoms. The van der Waals surface area contributed by atoms with Crippen molar-refractivity contribution in [3.05, 3.63) is 0 Å². The smallest absolute Gasteiger partial charge is 0.200 e. The zero-order valence-corrected chi connectivity index (χ0v) is 20.2. The molecular formula is C20H41BrO2Si. The van der Waals surface area contributed by atoms with Gasteiger partial charge in [-0.2, -0.15) is 0 Å². The summed E-state index contributed by atoms with van der Waals surface area (Å²) in [6.45, 7) is 21.2. The molecule has 0 aromatic rings. The summed E-state index contributed by atoms with van der Waals surface area (Å²) < 4.78 is 13.2. The Morgan fingerprint density at radius 3 is 1.83 bits per heavy atom. The van der Waals surface area contributed by atoms with Gasteiger partial charge < -0.3 is 9.16 Å². The topological polar surface area (TPSA) is 18.5 Å². The maximum Gasteiger partial charge on any atom is 0.200 e. The summed E-state index contributed by atoms with van der Waals surface area (Å²) in [5.41, 5.74) is 1.90. The molecule has 0 aromatic heterocycles. The Morgan fingerprint density at radius 1 is 1.04 bits per heavy atom. The molecule has 2 nitrogen and oxygen atoms in total. The molecule has 0 amide bonds. The average molecular weight is 422 g/mol. The van der Waals surface area contributed by atoms with Crippen LogP contribution in [-0.2, 0) is 9.16 Å². The van der Waals surface area contributed by atoms with E-state index in [4.69, 9.17) is 9.16 Å². The van der Waals surface area contributed by atoms with E-state index in [9.17, 15) is 0 Å². The van der Waals surface area contributed by atoms with Gasteiger partial charge in [0.05, 0.1) is 12.2 Å². The lowest BCUT2D eigenvalue weighted by atomic mass is 9.85. The van der Waals surface area contributed by atoms with Crippen LogP contribution < -0.4 is 0 Å². The molecule has 4 heteroatoms. The third-order valence-electron chi connectivity index (χ3n) is 6.62. The first kappa shape index (κ1) is 22.7. The van der Waals surface area contributed by atoms with Crippen molar-refractivity contribution in [2.75, 3.05) is 7.11 Å². The Hall–Kier alpha value is 0.617. The molecule has 0 spiro atoms. The molecule has 24 heavy (non-hydrogen) atoms. The molecule has 1 saturated carbocycles. The first-order valence-electron chi connectivity index (χ1n) is 9.81. The van der Waals surface area contributed by atoms with Gasteiger partial charge in [-0.3, -0.25) is 0 Å². The van der Waals surface area contributed by atoms with E-state index >= 15 is 0 Å². The molecule has 4 atom stereocenters. The predicted octanol–water partition coefficient (Wildman–Crippen LogP) is 6.78. The van der Waals surface area contributed by atoms with Gasteiger partial charge >= 0.3 is 0 Å². The molecule has 0 heterocycles. The van der Waals surface area contributed by atoms with Gasteiger partial charge in [-0.05, 0) is 35.4 Å². The summed E-state index contributed by atoms with van der Waals surface area (Å²) in [6.07, 6.45) is 2.77. The second-order valence-corrected chi connectivity index (χ2v) is 15.8. The lowest BCUT2D eigenvalue weighted by Crippen LogP contribution is -2.54. The summed E-state index contributed by atoms with van der Waals surface area (Å²) in [7, 11) is -0.0404. The number of rotatable bonds is 8. The van der Waals surface area contributed by atoms with Gasteiger partial charge in [-0.1, -0.05) is 78.2 Å². The summed E-state index contributed by atoms with van der Waals surface area (Å²) in [5.74, 6) is 0.526. The normalized spacial score (nSPS) is 29.0. The molecule has 0 unspecified atom stereocenters. The van der Waals surface area contributed by atoms with Crippen LogP contribution in [0.4, 0.5) is 0 Å². The van der Waals surface area contributed by atoms with Gasteiger partial charge in [0, 0.05) is 17.4 Å². The van der Waals surface area contributed by atoms with Crippen molar-refractivity contribution >= 4 is 24.2 Å². The van der Waals surface area contributed by atoms with E-state index in [0.717, 1.165) is 12.8 Å². The van der Waals surface area contributed by atoms with Crippen LogP contribution in [0.3, 0.4) is 0 Å². The molecule has 0 aliphatic heterocycles. The van der Waals surface area contributed by atoms with Crippen LogP contribution in [0.25, 0.3) is 0 Å². The number of hydrogen-bond acceptors (Lipinski definition) is 2.